The van der Waals surface area contributed by atoms with Crippen molar-refractivity contribution in [3.05, 3.63) is 64.2 Å². The zero-order valence-corrected chi connectivity index (χ0v) is 14.1. The van der Waals surface area contributed by atoms with Gasteiger partial charge in [-0.3, -0.25) is 0 Å². The minimum absolute atomic E-state index is 0.195. The molecule has 0 aliphatic carbocycles. The lowest BCUT2D eigenvalue weighted by atomic mass is 9.84. The molecule has 0 radical (unpaired) electrons. The molecule has 0 bridgehead atoms. The molecular weight excluding hydrogens is 254 g/mol. The number of anilines is 1. The van der Waals surface area contributed by atoms with E-state index in [-0.39, 0.29) is 5.41 Å². The molecule has 0 heterocycles. The minimum Gasteiger partial charge on any atom is -0.398 e. The van der Waals surface area contributed by atoms with E-state index in [2.05, 4.69) is 77.9 Å². The third kappa shape index (κ3) is 3.29. The van der Waals surface area contributed by atoms with Crippen LogP contribution < -0.4 is 5.73 Å². The Morgan fingerprint density at radius 3 is 2.05 bits per heavy atom. The smallest absolute Gasteiger partial charge is 0.0382 e. The molecule has 1 atom stereocenters. The van der Waals surface area contributed by atoms with Crippen molar-refractivity contribution in [2.75, 3.05) is 5.73 Å². The first kappa shape index (κ1) is 15.6. The molecule has 0 fully saturated rings. The molecule has 2 N–H and O–H groups in total. The number of nitrogens with two attached hydrogens (primary N) is 1. The maximum Gasteiger partial charge on any atom is 0.0382 e. The van der Waals surface area contributed by atoms with Crippen LogP contribution in [0.5, 0.6) is 0 Å². The van der Waals surface area contributed by atoms with Crippen molar-refractivity contribution in [2.45, 2.75) is 52.9 Å². The van der Waals surface area contributed by atoms with Gasteiger partial charge < -0.3 is 5.73 Å². The van der Waals surface area contributed by atoms with E-state index in [1.807, 2.05) is 0 Å². The summed E-state index contributed by atoms with van der Waals surface area (Å²) < 4.78 is 0. The van der Waals surface area contributed by atoms with Gasteiger partial charge in [-0.15, -0.1) is 0 Å². The van der Waals surface area contributed by atoms with Crippen molar-refractivity contribution in [2.24, 2.45) is 0 Å². The predicted octanol–water partition coefficient (Wildman–Crippen LogP) is 5.33. The maximum absolute atomic E-state index is 6.29. The fourth-order valence-electron chi connectivity index (χ4n) is 2.82. The highest BCUT2D eigenvalue weighted by Crippen LogP contribution is 2.32. The largest absolute Gasteiger partial charge is 0.398 e. The summed E-state index contributed by atoms with van der Waals surface area (Å²) in [6.45, 7) is 13.2. The minimum atomic E-state index is 0.195. The summed E-state index contributed by atoms with van der Waals surface area (Å²) in [4.78, 5) is 0. The second-order valence-corrected chi connectivity index (χ2v) is 7.18. The van der Waals surface area contributed by atoms with Crippen molar-refractivity contribution in [1.82, 2.24) is 0 Å². The van der Waals surface area contributed by atoms with Gasteiger partial charge in [0.2, 0.25) is 0 Å². The van der Waals surface area contributed by atoms with Crippen molar-refractivity contribution < 1.29 is 0 Å². The first-order chi connectivity index (χ1) is 9.70. The molecule has 0 aromatic heterocycles. The molecule has 2 rings (SSSR count). The molecule has 2 aromatic rings. The Morgan fingerprint density at radius 1 is 0.952 bits per heavy atom. The number of aryl methyl sites for hydroxylation is 2. The molecule has 1 unspecified atom stereocenters. The maximum atomic E-state index is 6.29. The summed E-state index contributed by atoms with van der Waals surface area (Å²) in [5, 5.41) is 0. The van der Waals surface area contributed by atoms with Crippen LogP contribution in [0.1, 0.15) is 61.4 Å². The Balaban J connectivity index is 2.39. The Labute approximate surface area is 129 Å². The average molecular weight is 281 g/mol. The molecule has 0 aliphatic rings. The zero-order valence-electron chi connectivity index (χ0n) is 14.1. The Hall–Kier alpha value is -1.76. The van der Waals surface area contributed by atoms with Crippen LogP contribution in [0.4, 0.5) is 5.69 Å². The first-order valence-electron chi connectivity index (χ1n) is 7.67. The van der Waals surface area contributed by atoms with Crippen molar-refractivity contribution >= 4 is 5.69 Å². The van der Waals surface area contributed by atoms with Gasteiger partial charge in [0.05, 0.1) is 0 Å². The zero-order chi connectivity index (χ0) is 15.8. The molecule has 1 nitrogen and oxygen atoms in total. The number of benzene rings is 2. The van der Waals surface area contributed by atoms with Crippen molar-refractivity contribution in [3.8, 4) is 0 Å². The number of hydrogen-bond donors (Lipinski definition) is 1. The van der Waals surface area contributed by atoms with Crippen LogP contribution in [0.3, 0.4) is 0 Å². The molecule has 0 saturated heterocycles. The fourth-order valence-corrected chi connectivity index (χ4v) is 2.82. The molecule has 21 heavy (non-hydrogen) atoms. The van der Waals surface area contributed by atoms with Crippen molar-refractivity contribution in [3.63, 3.8) is 0 Å². The van der Waals surface area contributed by atoms with Gasteiger partial charge in [-0.2, -0.15) is 0 Å². The monoisotopic (exact) mass is 281 g/mol. The van der Waals surface area contributed by atoms with Crippen LogP contribution >= 0.6 is 0 Å². The van der Waals surface area contributed by atoms with E-state index in [0.29, 0.717) is 5.92 Å². The van der Waals surface area contributed by atoms with Crippen LogP contribution in [-0.2, 0) is 5.41 Å². The Morgan fingerprint density at radius 2 is 1.52 bits per heavy atom. The summed E-state index contributed by atoms with van der Waals surface area (Å²) in [6, 6.07) is 13.3. The van der Waals surface area contributed by atoms with Crippen LogP contribution in [0.15, 0.2) is 36.4 Å². The SMILES string of the molecule is Cc1cc(C)c(N)c(C(C)c2ccc(C(C)(C)C)cc2)c1. The lowest BCUT2D eigenvalue weighted by Crippen LogP contribution is -2.11. The Bertz CT molecular complexity index is 630. The summed E-state index contributed by atoms with van der Waals surface area (Å²) in [6.07, 6.45) is 0. The number of rotatable bonds is 2. The van der Waals surface area contributed by atoms with E-state index in [1.54, 1.807) is 0 Å². The average Bonchev–Trinajstić information content (AvgIpc) is 2.41. The molecule has 0 saturated carbocycles. The quantitative estimate of drug-likeness (QED) is 0.739. The molecule has 112 valence electrons. The van der Waals surface area contributed by atoms with Crippen LogP contribution in [0, 0.1) is 13.8 Å². The second-order valence-electron chi connectivity index (χ2n) is 7.18. The van der Waals surface area contributed by atoms with Crippen molar-refractivity contribution in [1.29, 1.82) is 0 Å². The van der Waals surface area contributed by atoms with Gasteiger partial charge in [0.1, 0.15) is 0 Å². The number of nitrogen functional groups attached to an aromatic ring is 1. The molecule has 0 aliphatic heterocycles. The third-order valence-electron chi connectivity index (χ3n) is 4.31. The first-order valence-corrected chi connectivity index (χ1v) is 7.67. The van der Waals surface area contributed by atoms with Gasteiger partial charge in [0, 0.05) is 11.6 Å². The summed E-state index contributed by atoms with van der Waals surface area (Å²) in [7, 11) is 0. The topological polar surface area (TPSA) is 26.0 Å². The molecular formula is C20H27N. The van der Waals surface area contributed by atoms with Gasteiger partial charge in [-0.05, 0) is 41.5 Å². The summed E-state index contributed by atoms with van der Waals surface area (Å²) in [5.41, 5.74) is 13.8. The van der Waals surface area contributed by atoms with E-state index in [1.165, 1.54) is 27.8 Å². The van der Waals surface area contributed by atoms with Crippen LogP contribution in [0.25, 0.3) is 0 Å². The molecule has 0 spiro atoms. The number of hydrogen-bond acceptors (Lipinski definition) is 1. The predicted molar refractivity (Wildman–Crippen MR) is 93.0 cm³/mol. The highest BCUT2D eigenvalue weighted by Gasteiger charge is 2.16. The lowest BCUT2D eigenvalue weighted by molar-refractivity contribution is 0.590. The standard InChI is InChI=1S/C20H27N/c1-13-11-14(2)19(21)18(12-13)15(3)16-7-9-17(10-8-16)20(4,5)6/h7-12,15H,21H2,1-6H3. The van der Waals surface area contributed by atoms with E-state index >= 15 is 0 Å². The lowest BCUT2D eigenvalue weighted by Gasteiger charge is -2.21. The highest BCUT2D eigenvalue weighted by atomic mass is 14.6. The van der Waals surface area contributed by atoms with E-state index < -0.39 is 0 Å². The normalized spacial score (nSPS) is 13.2. The van der Waals surface area contributed by atoms with Gasteiger partial charge in [-0.1, -0.05) is 69.7 Å². The van der Waals surface area contributed by atoms with Crippen LogP contribution in [-0.4, -0.2) is 0 Å². The van der Waals surface area contributed by atoms with Crippen LogP contribution in [0.2, 0.25) is 0 Å². The highest BCUT2D eigenvalue weighted by molar-refractivity contribution is 5.58. The Kier molecular flexibility index (Phi) is 4.13. The van der Waals surface area contributed by atoms with Gasteiger partial charge in [-0.25, -0.2) is 0 Å². The fraction of sp³-hybridized carbons (Fsp3) is 0.400. The van der Waals surface area contributed by atoms with E-state index in [4.69, 9.17) is 5.73 Å². The molecule has 1 heteroatoms. The third-order valence-corrected chi connectivity index (χ3v) is 4.31. The summed E-state index contributed by atoms with van der Waals surface area (Å²) >= 11 is 0. The van der Waals surface area contributed by atoms with Gasteiger partial charge >= 0.3 is 0 Å². The molecule has 0 amide bonds. The van der Waals surface area contributed by atoms with E-state index in [0.717, 1.165) is 5.69 Å². The summed E-state index contributed by atoms with van der Waals surface area (Å²) in [5.74, 6) is 0.317. The van der Waals surface area contributed by atoms with Gasteiger partial charge in [0.25, 0.3) is 0 Å². The molecule has 2 aromatic carbocycles. The second kappa shape index (κ2) is 5.55. The van der Waals surface area contributed by atoms with E-state index in [9.17, 15) is 0 Å². The van der Waals surface area contributed by atoms with Gasteiger partial charge in [0.15, 0.2) is 0 Å².